The quantitative estimate of drug-likeness (QED) is 0.420. The molecule has 0 bridgehead atoms. The van der Waals surface area contributed by atoms with Gasteiger partial charge in [0, 0.05) is 0 Å². The van der Waals surface area contributed by atoms with E-state index < -0.39 is 0 Å². The fourth-order valence-electron chi connectivity index (χ4n) is 0.575. The summed E-state index contributed by atoms with van der Waals surface area (Å²) in [4.78, 5) is 0. The molecule has 0 saturated carbocycles. The molecular weight excluding hydrogens is 134 g/mol. The predicted octanol–water partition coefficient (Wildman–Crippen LogP) is 3.49. The molecular formula is C6H10P2. The summed E-state index contributed by atoms with van der Waals surface area (Å²) < 4.78 is 0. The van der Waals surface area contributed by atoms with Crippen LogP contribution in [0.15, 0.2) is 12.2 Å². The maximum atomic E-state index is 2.25. The Bertz CT molecular complexity index is 110. The van der Waals surface area contributed by atoms with Crippen molar-refractivity contribution >= 4 is 15.7 Å². The molecule has 0 amide bonds. The maximum absolute atomic E-state index is 2.25. The highest BCUT2D eigenvalue weighted by molar-refractivity contribution is 8.02. The topological polar surface area (TPSA) is 0 Å². The van der Waals surface area contributed by atoms with Crippen molar-refractivity contribution in [1.82, 2.24) is 0 Å². The molecule has 0 aliphatic carbocycles. The van der Waals surface area contributed by atoms with Crippen molar-refractivity contribution in [2.75, 3.05) is 0 Å². The molecule has 0 aromatic rings. The van der Waals surface area contributed by atoms with Crippen molar-refractivity contribution in [3.8, 4) is 0 Å². The average molecular weight is 144 g/mol. The van der Waals surface area contributed by atoms with E-state index in [1.807, 2.05) is 0 Å². The monoisotopic (exact) mass is 144 g/mol. The molecule has 0 N–H and O–H groups in total. The second-order valence-electron chi connectivity index (χ2n) is 1.86. The normalized spacial score (nSPS) is 28.9. The van der Waals surface area contributed by atoms with Crippen molar-refractivity contribution in [2.24, 2.45) is 0 Å². The van der Waals surface area contributed by atoms with Crippen LogP contribution in [0.2, 0.25) is 0 Å². The van der Waals surface area contributed by atoms with Gasteiger partial charge in [0.15, 0.2) is 0 Å². The Kier molecular flexibility index (Phi) is 2.73. The second kappa shape index (κ2) is 3.38. The largest absolute Gasteiger partial charge is 0.0917 e. The first-order chi connectivity index (χ1) is 3.93. The summed E-state index contributed by atoms with van der Waals surface area (Å²) in [5.41, 5.74) is 0. The molecule has 0 fully saturated rings. The first-order valence-corrected chi connectivity index (χ1v) is 5.58. The summed E-state index contributed by atoms with van der Waals surface area (Å²) in [6, 6.07) is 0. The van der Waals surface area contributed by atoms with Crippen LogP contribution in [-0.2, 0) is 0 Å². The van der Waals surface area contributed by atoms with Gasteiger partial charge in [0.25, 0.3) is 0 Å². The van der Waals surface area contributed by atoms with E-state index in [1.54, 1.807) is 15.7 Å². The van der Waals surface area contributed by atoms with Gasteiger partial charge in [0.1, 0.15) is 0 Å². The van der Waals surface area contributed by atoms with Gasteiger partial charge in [-0.05, 0) is 19.8 Å². The molecule has 1 heterocycles. The molecule has 0 aromatic heterocycles. The van der Waals surface area contributed by atoms with Crippen LogP contribution in [0, 0.1) is 0 Å². The molecule has 0 aromatic carbocycles. The third-order valence-electron chi connectivity index (χ3n) is 1.11. The summed E-state index contributed by atoms with van der Waals surface area (Å²) >= 11 is 0. The van der Waals surface area contributed by atoms with Gasteiger partial charge in [0.05, 0.1) is 5.40 Å². The Morgan fingerprint density at radius 3 is 2.75 bits per heavy atom. The lowest BCUT2D eigenvalue weighted by Crippen LogP contribution is -1.74. The van der Waals surface area contributed by atoms with E-state index >= 15 is 0 Å². The van der Waals surface area contributed by atoms with Gasteiger partial charge >= 0.3 is 0 Å². The highest BCUT2D eigenvalue weighted by Gasteiger charge is 2.10. The zero-order valence-electron chi connectivity index (χ0n) is 5.04. The lowest BCUT2D eigenvalue weighted by atomic mass is 10.3. The fraction of sp³-hybridized carbons (Fsp3) is 0.667. The van der Waals surface area contributed by atoms with Gasteiger partial charge in [0.2, 0.25) is 0 Å². The van der Waals surface area contributed by atoms with E-state index in [2.05, 4.69) is 19.1 Å². The minimum absolute atomic E-state index is 1.05. The van der Waals surface area contributed by atoms with Crippen LogP contribution >= 0.6 is 15.7 Å². The lowest BCUT2D eigenvalue weighted by molar-refractivity contribution is 0.944. The number of hydrogen-bond donors (Lipinski definition) is 0. The highest BCUT2D eigenvalue weighted by atomic mass is 31.8. The fourth-order valence-corrected chi connectivity index (χ4v) is 2.17. The maximum Gasteiger partial charge on any atom is 0.0511 e. The van der Waals surface area contributed by atoms with E-state index in [4.69, 9.17) is 0 Å². The Morgan fingerprint density at radius 1 is 1.50 bits per heavy atom. The van der Waals surface area contributed by atoms with Crippen molar-refractivity contribution in [3.05, 3.63) is 12.2 Å². The predicted molar refractivity (Wildman–Crippen MR) is 41.7 cm³/mol. The zero-order chi connectivity index (χ0) is 5.82. The van der Waals surface area contributed by atoms with Gasteiger partial charge in [-0.3, -0.25) is 0 Å². The minimum Gasteiger partial charge on any atom is -0.0917 e. The molecule has 0 radical (unpaired) electrons. The summed E-state index contributed by atoms with van der Waals surface area (Å²) in [6.45, 7) is 2.09. The van der Waals surface area contributed by atoms with E-state index in [1.165, 1.54) is 12.8 Å². The summed E-state index contributed by atoms with van der Waals surface area (Å²) in [5, 5.41) is 1.05. The van der Waals surface area contributed by atoms with E-state index in [-0.39, 0.29) is 0 Å². The first kappa shape index (κ1) is 6.46. The average Bonchev–Trinajstić information content (AvgIpc) is 2.51. The molecule has 0 nitrogen and oxygen atoms in total. The molecule has 8 heavy (non-hydrogen) atoms. The van der Waals surface area contributed by atoms with Gasteiger partial charge < -0.3 is 0 Å². The Labute approximate surface area is 53.8 Å². The molecule has 1 rings (SSSR count). The Balaban J connectivity index is 1.89. The molecule has 2 heteroatoms. The van der Waals surface area contributed by atoms with Crippen molar-refractivity contribution < 1.29 is 0 Å². The number of hydrogen-bond acceptors (Lipinski definition) is 0. The first-order valence-electron chi connectivity index (χ1n) is 2.94. The van der Waals surface area contributed by atoms with Gasteiger partial charge in [-0.2, -0.15) is 0 Å². The molecule has 0 spiro atoms. The third kappa shape index (κ3) is 2.60. The van der Waals surface area contributed by atoms with Crippen LogP contribution in [0.25, 0.3) is 0 Å². The van der Waals surface area contributed by atoms with E-state index in [0.717, 1.165) is 5.40 Å². The number of allylic oxidation sites excluding steroid dienone is 2. The Morgan fingerprint density at radius 2 is 2.25 bits per heavy atom. The molecule has 0 atom stereocenters. The van der Waals surface area contributed by atoms with Crippen LogP contribution in [0.5, 0.6) is 0 Å². The summed E-state index contributed by atoms with van der Waals surface area (Å²) in [6.07, 6.45) is 7.09. The highest BCUT2D eigenvalue weighted by Crippen LogP contribution is 2.50. The van der Waals surface area contributed by atoms with Crippen molar-refractivity contribution in [1.29, 1.82) is 0 Å². The SMILES string of the molecule is C/C=C/CCC1P=P1. The van der Waals surface area contributed by atoms with Crippen LogP contribution in [0.4, 0.5) is 0 Å². The summed E-state index contributed by atoms with van der Waals surface area (Å²) in [7, 11) is 3.33. The molecule has 1 aliphatic rings. The summed E-state index contributed by atoms with van der Waals surface area (Å²) in [5.74, 6) is 0. The van der Waals surface area contributed by atoms with Crippen LogP contribution in [0.1, 0.15) is 19.8 Å². The van der Waals surface area contributed by atoms with Gasteiger partial charge in [-0.15, -0.1) is 0 Å². The zero-order valence-corrected chi connectivity index (χ0v) is 6.83. The molecule has 0 saturated heterocycles. The Hall–Kier alpha value is 0.340. The smallest absolute Gasteiger partial charge is 0.0511 e. The lowest BCUT2D eigenvalue weighted by Gasteiger charge is -1.86. The van der Waals surface area contributed by atoms with Gasteiger partial charge in [-0.1, -0.05) is 27.9 Å². The molecule has 0 unspecified atom stereocenters. The van der Waals surface area contributed by atoms with Crippen LogP contribution < -0.4 is 0 Å². The van der Waals surface area contributed by atoms with Gasteiger partial charge in [-0.25, -0.2) is 0 Å². The van der Waals surface area contributed by atoms with Crippen LogP contribution in [-0.4, -0.2) is 5.40 Å². The molecule has 1 aliphatic heterocycles. The minimum atomic E-state index is 1.05. The van der Waals surface area contributed by atoms with E-state index in [0.29, 0.717) is 0 Å². The third-order valence-corrected chi connectivity index (χ3v) is 3.85. The van der Waals surface area contributed by atoms with Crippen molar-refractivity contribution in [2.45, 2.75) is 25.2 Å². The standard InChI is InChI=1S/C6H10P2/c1-2-3-4-5-6-7-8-6/h2-3,6H,4-5H2,1H3/b3-2+. The van der Waals surface area contributed by atoms with E-state index in [9.17, 15) is 0 Å². The van der Waals surface area contributed by atoms with Crippen LogP contribution in [0.3, 0.4) is 0 Å². The molecule has 44 valence electrons. The van der Waals surface area contributed by atoms with Crippen molar-refractivity contribution in [3.63, 3.8) is 0 Å². The second-order valence-corrected chi connectivity index (χ2v) is 5.36. The number of rotatable bonds is 3.